The Bertz CT molecular complexity index is 696. The molecule has 0 aromatic heterocycles. The second kappa shape index (κ2) is 12.9. The summed E-state index contributed by atoms with van der Waals surface area (Å²) in [4.78, 5) is 5.14. The van der Waals surface area contributed by atoms with Crippen LogP contribution in [0, 0.1) is 0 Å². The Balaban J connectivity index is 1.15. The number of benzene rings is 2. The molecule has 2 heterocycles. The van der Waals surface area contributed by atoms with E-state index in [0.29, 0.717) is 0 Å². The van der Waals surface area contributed by atoms with Gasteiger partial charge in [-0.1, -0.05) is 37.1 Å². The molecule has 174 valence electrons. The summed E-state index contributed by atoms with van der Waals surface area (Å²) in [5, 5.41) is 0. The van der Waals surface area contributed by atoms with Gasteiger partial charge in [-0.15, -0.1) is 0 Å². The second-order valence-corrected chi connectivity index (χ2v) is 9.26. The first kappa shape index (κ1) is 23.1. The highest BCUT2D eigenvalue weighted by molar-refractivity contribution is 5.64. The maximum absolute atomic E-state index is 5.96. The van der Waals surface area contributed by atoms with Gasteiger partial charge in [0.1, 0.15) is 11.5 Å². The van der Waals surface area contributed by atoms with Crippen molar-refractivity contribution in [1.82, 2.24) is 9.80 Å². The quantitative estimate of drug-likeness (QED) is 0.412. The summed E-state index contributed by atoms with van der Waals surface area (Å²) in [5.74, 6) is 1.92. The molecule has 0 unspecified atom stereocenters. The number of piperidine rings is 2. The molecular formula is C28H40N2O2. The summed E-state index contributed by atoms with van der Waals surface area (Å²) >= 11 is 0. The monoisotopic (exact) mass is 436 g/mol. The number of likely N-dealkylation sites (tertiary alicyclic amines) is 2. The van der Waals surface area contributed by atoms with Gasteiger partial charge in [-0.2, -0.15) is 0 Å². The minimum Gasteiger partial charge on any atom is -0.494 e. The molecule has 2 aromatic carbocycles. The van der Waals surface area contributed by atoms with Crippen molar-refractivity contribution in [2.75, 3.05) is 52.5 Å². The van der Waals surface area contributed by atoms with Gasteiger partial charge in [-0.3, -0.25) is 0 Å². The van der Waals surface area contributed by atoms with E-state index in [-0.39, 0.29) is 0 Å². The lowest BCUT2D eigenvalue weighted by Gasteiger charge is -2.26. The van der Waals surface area contributed by atoms with E-state index in [1.807, 2.05) is 0 Å². The van der Waals surface area contributed by atoms with E-state index in [2.05, 4.69) is 58.3 Å². The van der Waals surface area contributed by atoms with E-state index < -0.39 is 0 Å². The van der Waals surface area contributed by atoms with Crippen molar-refractivity contribution < 1.29 is 9.47 Å². The minimum absolute atomic E-state index is 0.791. The van der Waals surface area contributed by atoms with Crippen LogP contribution >= 0.6 is 0 Å². The van der Waals surface area contributed by atoms with Gasteiger partial charge in [-0.05, 0) is 100 Å². The van der Waals surface area contributed by atoms with Gasteiger partial charge in [0.2, 0.25) is 0 Å². The van der Waals surface area contributed by atoms with Gasteiger partial charge in [-0.25, -0.2) is 0 Å². The van der Waals surface area contributed by atoms with Crippen molar-refractivity contribution in [3.05, 3.63) is 48.5 Å². The smallest absolute Gasteiger partial charge is 0.119 e. The third kappa shape index (κ3) is 7.53. The fourth-order valence-corrected chi connectivity index (χ4v) is 4.81. The van der Waals surface area contributed by atoms with Gasteiger partial charge in [0.05, 0.1) is 13.2 Å². The lowest BCUT2D eigenvalue weighted by molar-refractivity contribution is 0.205. The molecule has 0 aliphatic carbocycles. The zero-order chi connectivity index (χ0) is 21.8. The molecule has 4 rings (SSSR count). The average molecular weight is 437 g/mol. The van der Waals surface area contributed by atoms with Crippen molar-refractivity contribution >= 4 is 0 Å². The lowest BCUT2D eigenvalue weighted by Crippen LogP contribution is -2.31. The van der Waals surface area contributed by atoms with Crippen molar-refractivity contribution in [2.24, 2.45) is 0 Å². The fourth-order valence-electron chi connectivity index (χ4n) is 4.81. The molecule has 0 spiro atoms. The molecule has 0 N–H and O–H groups in total. The Morgan fingerprint density at radius 3 is 1.25 bits per heavy atom. The van der Waals surface area contributed by atoms with Crippen LogP contribution in [0.2, 0.25) is 0 Å². The number of rotatable bonds is 11. The van der Waals surface area contributed by atoms with Crippen LogP contribution in [-0.4, -0.2) is 62.3 Å². The minimum atomic E-state index is 0.791. The summed E-state index contributed by atoms with van der Waals surface area (Å²) < 4.78 is 11.9. The van der Waals surface area contributed by atoms with Crippen LogP contribution in [0.5, 0.6) is 11.5 Å². The van der Waals surface area contributed by atoms with Crippen LogP contribution < -0.4 is 9.47 Å². The van der Waals surface area contributed by atoms with Gasteiger partial charge >= 0.3 is 0 Å². The van der Waals surface area contributed by atoms with Crippen LogP contribution in [0.3, 0.4) is 0 Å². The van der Waals surface area contributed by atoms with E-state index in [4.69, 9.17) is 9.47 Å². The van der Waals surface area contributed by atoms with Crippen LogP contribution in [0.15, 0.2) is 48.5 Å². The average Bonchev–Trinajstić information content (AvgIpc) is 2.87. The molecule has 0 radical (unpaired) electrons. The van der Waals surface area contributed by atoms with Crippen molar-refractivity contribution in [2.45, 2.75) is 51.4 Å². The Morgan fingerprint density at radius 1 is 0.500 bits per heavy atom. The summed E-state index contributed by atoms with van der Waals surface area (Å²) in [6, 6.07) is 16.9. The molecule has 0 bridgehead atoms. The van der Waals surface area contributed by atoms with E-state index in [1.54, 1.807) is 0 Å². The number of hydrogen-bond acceptors (Lipinski definition) is 4. The van der Waals surface area contributed by atoms with Gasteiger partial charge in [0.25, 0.3) is 0 Å². The Kier molecular flexibility index (Phi) is 9.29. The predicted octanol–water partition coefficient (Wildman–Crippen LogP) is 5.86. The largest absolute Gasteiger partial charge is 0.494 e. The Labute approximate surface area is 194 Å². The van der Waals surface area contributed by atoms with Gasteiger partial charge in [0, 0.05) is 13.1 Å². The first-order valence-corrected chi connectivity index (χ1v) is 12.8. The number of ether oxygens (including phenoxy) is 2. The van der Waals surface area contributed by atoms with Crippen LogP contribution in [0.25, 0.3) is 11.1 Å². The molecule has 0 saturated carbocycles. The number of hydrogen-bond donors (Lipinski definition) is 0. The molecular weight excluding hydrogens is 396 g/mol. The first-order valence-electron chi connectivity index (χ1n) is 12.8. The highest BCUT2D eigenvalue weighted by Crippen LogP contribution is 2.25. The van der Waals surface area contributed by atoms with Crippen LogP contribution in [0.1, 0.15) is 51.4 Å². The highest BCUT2D eigenvalue weighted by atomic mass is 16.5. The normalized spacial score (nSPS) is 17.9. The SMILES string of the molecule is c1cc(-c2ccc(OCCCN3CCCCC3)cc2)ccc1OCCCN1CCCCC1. The van der Waals surface area contributed by atoms with Crippen molar-refractivity contribution in [3.8, 4) is 22.6 Å². The zero-order valence-electron chi connectivity index (χ0n) is 19.6. The fraction of sp³-hybridized carbons (Fsp3) is 0.571. The van der Waals surface area contributed by atoms with E-state index in [9.17, 15) is 0 Å². The first-order chi connectivity index (χ1) is 15.9. The maximum Gasteiger partial charge on any atom is 0.119 e. The van der Waals surface area contributed by atoms with E-state index in [0.717, 1.165) is 50.6 Å². The zero-order valence-corrected chi connectivity index (χ0v) is 19.6. The van der Waals surface area contributed by atoms with Crippen molar-refractivity contribution in [1.29, 1.82) is 0 Å². The molecule has 2 aliphatic heterocycles. The predicted molar refractivity (Wildman–Crippen MR) is 133 cm³/mol. The van der Waals surface area contributed by atoms with Crippen LogP contribution in [0.4, 0.5) is 0 Å². The second-order valence-electron chi connectivity index (χ2n) is 9.26. The molecule has 0 atom stereocenters. The number of nitrogens with zero attached hydrogens (tertiary/aromatic N) is 2. The van der Waals surface area contributed by atoms with Gasteiger partial charge < -0.3 is 19.3 Å². The highest BCUT2D eigenvalue weighted by Gasteiger charge is 2.10. The molecule has 2 aromatic rings. The van der Waals surface area contributed by atoms with Crippen molar-refractivity contribution in [3.63, 3.8) is 0 Å². The summed E-state index contributed by atoms with van der Waals surface area (Å²) in [6.45, 7) is 8.94. The summed E-state index contributed by atoms with van der Waals surface area (Å²) in [5.41, 5.74) is 2.42. The Hall–Kier alpha value is -2.04. The molecule has 32 heavy (non-hydrogen) atoms. The summed E-state index contributed by atoms with van der Waals surface area (Å²) in [7, 11) is 0. The molecule has 0 amide bonds. The summed E-state index contributed by atoms with van der Waals surface area (Å²) in [6.07, 6.45) is 10.4. The molecule has 2 aliphatic rings. The standard InChI is InChI=1S/C28H40N2O2/c1-3-17-29(18-4-1)21-7-23-31-27-13-9-25(10-14-27)26-11-15-28(16-12-26)32-24-8-22-30-19-5-2-6-20-30/h9-16H,1-8,17-24H2. The van der Waals surface area contributed by atoms with E-state index >= 15 is 0 Å². The Morgan fingerprint density at radius 2 is 0.875 bits per heavy atom. The third-order valence-electron chi connectivity index (χ3n) is 6.71. The molecule has 4 heteroatoms. The topological polar surface area (TPSA) is 24.9 Å². The van der Waals surface area contributed by atoms with Crippen LogP contribution in [-0.2, 0) is 0 Å². The molecule has 2 fully saturated rings. The van der Waals surface area contributed by atoms with Gasteiger partial charge in [0.15, 0.2) is 0 Å². The molecule has 4 nitrogen and oxygen atoms in total. The third-order valence-corrected chi connectivity index (χ3v) is 6.71. The molecule has 2 saturated heterocycles. The lowest BCUT2D eigenvalue weighted by atomic mass is 10.1. The maximum atomic E-state index is 5.96. The van der Waals surface area contributed by atoms with E-state index in [1.165, 1.54) is 75.8 Å².